The number of amides is 1. The van der Waals surface area contributed by atoms with Crippen LogP contribution in [0.1, 0.15) is 13.3 Å². The maximum Gasteiger partial charge on any atom is 0.229 e. The first-order chi connectivity index (χ1) is 10.2. The summed E-state index contributed by atoms with van der Waals surface area (Å²) >= 11 is 7.47. The van der Waals surface area contributed by atoms with Gasteiger partial charge in [0.2, 0.25) is 5.91 Å². The molecule has 2 rings (SSSR count). The fourth-order valence-electron chi connectivity index (χ4n) is 1.78. The zero-order valence-corrected chi connectivity index (χ0v) is 12.9. The van der Waals surface area contributed by atoms with Gasteiger partial charge < -0.3 is 4.90 Å². The van der Waals surface area contributed by atoms with Gasteiger partial charge in [0, 0.05) is 24.5 Å². The average Bonchev–Trinajstić information content (AvgIpc) is 2.89. The van der Waals surface area contributed by atoms with E-state index in [2.05, 4.69) is 15.1 Å². The summed E-state index contributed by atoms with van der Waals surface area (Å²) in [6, 6.07) is 3.68. The molecule has 0 saturated heterocycles. The zero-order chi connectivity index (χ0) is 15.2. The third kappa shape index (κ3) is 3.62. The minimum atomic E-state index is -0.194. The fourth-order valence-corrected chi connectivity index (χ4v) is 3.16. The van der Waals surface area contributed by atoms with E-state index in [1.165, 1.54) is 16.2 Å². The lowest BCUT2D eigenvalue weighted by Crippen LogP contribution is -2.30. The summed E-state index contributed by atoms with van der Waals surface area (Å²) in [4.78, 5) is 32.0. The van der Waals surface area contributed by atoms with Gasteiger partial charge >= 0.3 is 0 Å². The number of pyridine rings is 1. The van der Waals surface area contributed by atoms with Crippen LogP contribution < -0.4 is 4.90 Å². The van der Waals surface area contributed by atoms with Gasteiger partial charge in [0.05, 0.1) is 13.0 Å². The van der Waals surface area contributed by atoms with Crippen molar-refractivity contribution in [1.29, 1.82) is 0 Å². The minimum absolute atomic E-state index is 0.0405. The van der Waals surface area contributed by atoms with E-state index in [0.29, 0.717) is 16.6 Å². The van der Waals surface area contributed by atoms with Crippen molar-refractivity contribution >= 4 is 33.8 Å². The molecule has 2 aromatic rings. The van der Waals surface area contributed by atoms with Gasteiger partial charge in [-0.05, 0) is 19.1 Å². The Bertz CT molecular complexity index is 632. The molecule has 0 fully saturated rings. The zero-order valence-electron chi connectivity index (χ0n) is 11.3. The number of anilines is 1. The average molecular weight is 325 g/mol. The number of rotatable bonds is 6. The van der Waals surface area contributed by atoms with Crippen molar-refractivity contribution in [2.75, 3.05) is 18.0 Å². The molecule has 0 bridgehead atoms. The summed E-state index contributed by atoms with van der Waals surface area (Å²) in [6.07, 6.45) is 3.43. The van der Waals surface area contributed by atoms with E-state index >= 15 is 0 Å². The number of hydrogen-bond acceptors (Lipinski definition) is 6. The normalized spacial score (nSPS) is 10.4. The molecule has 0 aliphatic heterocycles. The molecule has 0 unspecified atom stereocenters. The maximum absolute atomic E-state index is 12.1. The molecule has 110 valence electrons. The Morgan fingerprint density at radius 3 is 2.95 bits per heavy atom. The SMILES string of the molecule is CCN(C(=O)CCN=O)c1sc(-c2cccnc2)nc1Cl. The molecular weight excluding hydrogens is 312 g/mol. The second-order valence-corrected chi connectivity index (χ2v) is 5.43. The highest BCUT2D eigenvalue weighted by molar-refractivity contribution is 7.19. The molecule has 0 N–H and O–H groups in total. The smallest absolute Gasteiger partial charge is 0.229 e. The van der Waals surface area contributed by atoms with Crippen LogP contribution in [0.5, 0.6) is 0 Å². The van der Waals surface area contributed by atoms with Crippen LogP contribution in [0, 0.1) is 4.91 Å². The molecule has 0 radical (unpaired) electrons. The van der Waals surface area contributed by atoms with Crippen LogP contribution in [-0.4, -0.2) is 29.0 Å². The molecule has 0 spiro atoms. The highest BCUT2D eigenvalue weighted by atomic mass is 35.5. The molecule has 0 aliphatic rings. The predicted molar refractivity (Wildman–Crippen MR) is 83.7 cm³/mol. The molecule has 1 amide bonds. The summed E-state index contributed by atoms with van der Waals surface area (Å²) in [5, 5.41) is 4.26. The topological polar surface area (TPSA) is 75.5 Å². The van der Waals surface area contributed by atoms with Crippen LogP contribution in [-0.2, 0) is 4.79 Å². The second kappa shape index (κ2) is 7.24. The van der Waals surface area contributed by atoms with Gasteiger partial charge in [-0.2, -0.15) is 4.91 Å². The van der Waals surface area contributed by atoms with Gasteiger partial charge in [-0.3, -0.25) is 9.78 Å². The van der Waals surface area contributed by atoms with Crippen molar-refractivity contribution in [3.05, 3.63) is 34.6 Å². The first-order valence-corrected chi connectivity index (χ1v) is 7.53. The number of nitroso groups, excluding NO2 is 1. The lowest BCUT2D eigenvalue weighted by Gasteiger charge is -2.18. The van der Waals surface area contributed by atoms with Crippen LogP contribution >= 0.6 is 22.9 Å². The Kier molecular flexibility index (Phi) is 5.35. The third-order valence-electron chi connectivity index (χ3n) is 2.76. The lowest BCUT2D eigenvalue weighted by molar-refractivity contribution is -0.118. The van der Waals surface area contributed by atoms with E-state index in [-0.39, 0.29) is 24.0 Å². The molecule has 21 heavy (non-hydrogen) atoms. The molecule has 0 atom stereocenters. The lowest BCUT2D eigenvalue weighted by atomic mass is 10.3. The predicted octanol–water partition coefficient (Wildman–Crippen LogP) is 3.37. The summed E-state index contributed by atoms with van der Waals surface area (Å²) in [7, 11) is 0. The highest BCUT2D eigenvalue weighted by Gasteiger charge is 2.21. The van der Waals surface area contributed by atoms with Crippen LogP contribution in [0.15, 0.2) is 29.7 Å². The van der Waals surface area contributed by atoms with Gasteiger partial charge in [0.15, 0.2) is 5.15 Å². The Morgan fingerprint density at radius 2 is 2.33 bits per heavy atom. The quantitative estimate of drug-likeness (QED) is 0.763. The summed E-state index contributed by atoms with van der Waals surface area (Å²) in [6.45, 7) is 2.25. The summed E-state index contributed by atoms with van der Waals surface area (Å²) in [5.41, 5.74) is 0.841. The van der Waals surface area contributed by atoms with Gasteiger partial charge in [0.1, 0.15) is 10.0 Å². The molecule has 6 nitrogen and oxygen atoms in total. The van der Waals surface area contributed by atoms with Crippen LogP contribution in [0.3, 0.4) is 0 Å². The molecule has 2 heterocycles. The van der Waals surface area contributed by atoms with Crippen molar-refractivity contribution in [1.82, 2.24) is 9.97 Å². The Morgan fingerprint density at radius 1 is 1.52 bits per heavy atom. The highest BCUT2D eigenvalue weighted by Crippen LogP contribution is 2.37. The first-order valence-electron chi connectivity index (χ1n) is 6.33. The van der Waals surface area contributed by atoms with Crippen molar-refractivity contribution in [2.24, 2.45) is 5.18 Å². The van der Waals surface area contributed by atoms with E-state index in [0.717, 1.165) is 5.56 Å². The van der Waals surface area contributed by atoms with Gasteiger partial charge in [-0.15, -0.1) is 0 Å². The van der Waals surface area contributed by atoms with Crippen LogP contribution in [0.2, 0.25) is 5.15 Å². The Labute approximate surface area is 130 Å². The third-order valence-corrected chi connectivity index (χ3v) is 4.26. The van der Waals surface area contributed by atoms with E-state index < -0.39 is 0 Å². The van der Waals surface area contributed by atoms with E-state index in [4.69, 9.17) is 11.6 Å². The molecule has 0 saturated carbocycles. The Balaban J connectivity index is 2.28. The number of thiazole rings is 1. The fraction of sp³-hybridized carbons (Fsp3) is 0.308. The number of halogens is 1. The van der Waals surface area contributed by atoms with E-state index in [9.17, 15) is 9.70 Å². The van der Waals surface area contributed by atoms with Gasteiger partial charge in [-0.1, -0.05) is 28.1 Å². The number of carbonyl (C=O) groups excluding carboxylic acids is 1. The Hall–Kier alpha value is -1.86. The van der Waals surface area contributed by atoms with Crippen molar-refractivity contribution in [2.45, 2.75) is 13.3 Å². The second-order valence-electron chi connectivity index (χ2n) is 4.10. The standard InChI is InChI=1S/C13H13ClN4O2S/c1-2-18(10(19)5-7-16-20)13-11(14)17-12(21-13)9-4-3-6-15-8-9/h3-4,6,8H,2,5,7H2,1H3. The van der Waals surface area contributed by atoms with Crippen molar-refractivity contribution < 1.29 is 4.79 Å². The number of aromatic nitrogens is 2. The summed E-state index contributed by atoms with van der Waals surface area (Å²) < 4.78 is 0. The number of carbonyl (C=O) groups is 1. The summed E-state index contributed by atoms with van der Waals surface area (Å²) in [5.74, 6) is -0.194. The van der Waals surface area contributed by atoms with Gasteiger partial charge in [-0.25, -0.2) is 4.98 Å². The van der Waals surface area contributed by atoms with Gasteiger partial charge in [0.25, 0.3) is 0 Å². The van der Waals surface area contributed by atoms with Crippen LogP contribution in [0.4, 0.5) is 5.00 Å². The van der Waals surface area contributed by atoms with E-state index in [1.54, 1.807) is 12.4 Å². The molecule has 0 aromatic carbocycles. The number of nitrogens with zero attached hydrogens (tertiary/aromatic N) is 4. The molecule has 8 heteroatoms. The van der Waals surface area contributed by atoms with Crippen LogP contribution in [0.25, 0.3) is 10.6 Å². The van der Waals surface area contributed by atoms with E-state index in [1.807, 2.05) is 19.1 Å². The minimum Gasteiger partial charge on any atom is -0.301 e. The van der Waals surface area contributed by atoms with Crippen molar-refractivity contribution in [3.63, 3.8) is 0 Å². The first kappa shape index (κ1) is 15.5. The molecule has 0 aliphatic carbocycles. The van der Waals surface area contributed by atoms with Crippen molar-refractivity contribution in [3.8, 4) is 10.6 Å². The molecule has 2 aromatic heterocycles. The maximum atomic E-state index is 12.1. The molecular formula is C13H13ClN4O2S. The monoisotopic (exact) mass is 324 g/mol. The largest absolute Gasteiger partial charge is 0.301 e. The number of hydrogen-bond donors (Lipinski definition) is 0.